The van der Waals surface area contributed by atoms with E-state index < -0.39 is 17.7 Å². The van der Waals surface area contributed by atoms with Crippen LogP contribution in [0.25, 0.3) is 0 Å². The van der Waals surface area contributed by atoms with Crippen LogP contribution in [-0.4, -0.2) is 35.6 Å². The third-order valence-corrected chi connectivity index (χ3v) is 3.87. The molecule has 0 spiro atoms. The lowest BCUT2D eigenvalue weighted by Gasteiger charge is -2.19. The molecule has 0 saturated carbocycles. The average Bonchev–Trinajstić information content (AvgIpc) is 2.63. The summed E-state index contributed by atoms with van der Waals surface area (Å²) in [5.74, 6) is -1.68. The van der Waals surface area contributed by atoms with Gasteiger partial charge in [0.1, 0.15) is 18.5 Å². The van der Waals surface area contributed by atoms with Crippen molar-refractivity contribution in [3.05, 3.63) is 65.2 Å². The lowest BCUT2D eigenvalue weighted by Crippen LogP contribution is -2.30. The van der Waals surface area contributed by atoms with E-state index in [1.165, 1.54) is 6.07 Å². The minimum absolute atomic E-state index is 0.100. The molecule has 2 aromatic rings. The van der Waals surface area contributed by atoms with E-state index in [-0.39, 0.29) is 18.1 Å². The lowest BCUT2D eigenvalue weighted by atomic mass is 10.1. The standard InChI is InChI=1S/C19H21F2NO3/c1-3-22(4-2)19(24)14-6-5-7-15(10-14)25-12-18(23)13-8-9-16(20)17(21)11-13/h5-11,18,23H,3-4,12H2,1-2H3. The molecule has 1 amide bonds. The zero-order chi connectivity index (χ0) is 18.4. The van der Waals surface area contributed by atoms with E-state index in [4.69, 9.17) is 4.74 Å². The highest BCUT2D eigenvalue weighted by atomic mass is 19.2. The number of hydrogen-bond donors (Lipinski definition) is 1. The van der Waals surface area contributed by atoms with E-state index >= 15 is 0 Å². The van der Waals surface area contributed by atoms with Gasteiger partial charge in [0.05, 0.1) is 0 Å². The van der Waals surface area contributed by atoms with Gasteiger partial charge in [0.25, 0.3) is 5.91 Å². The van der Waals surface area contributed by atoms with Crippen LogP contribution in [0.1, 0.15) is 35.9 Å². The SMILES string of the molecule is CCN(CC)C(=O)c1cccc(OCC(O)c2ccc(F)c(F)c2)c1. The Bertz CT molecular complexity index is 732. The monoisotopic (exact) mass is 349 g/mol. The molecule has 0 saturated heterocycles. The van der Waals surface area contributed by atoms with Crippen LogP contribution in [0.3, 0.4) is 0 Å². The van der Waals surface area contributed by atoms with Gasteiger partial charge in [-0.15, -0.1) is 0 Å². The topological polar surface area (TPSA) is 49.8 Å². The van der Waals surface area contributed by atoms with Gasteiger partial charge >= 0.3 is 0 Å². The second-order valence-electron chi connectivity index (χ2n) is 5.51. The number of amides is 1. The van der Waals surface area contributed by atoms with Crippen molar-refractivity contribution in [1.29, 1.82) is 0 Å². The molecule has 0 heterocycles. The fourth-order valence-corrected chi connectivity index (χ4v) is 2.40. The Hall–Kier alpha value is -2.47. The Kier molecular flexibility index (Phi) is 6.47. The first-order valence-electron chi connectivity index (χ1n) is 8.11. The molecule has 2 rings (SSSR count). The minimum Gasteiger partial charge on any atom is -0.491 e. The van der Waals surface area contributed by atoms with Gasteiger partial charge in [-0.3, -0.25) is 4.79 Å². The molecule has 0 radical (unpaired) electrons. The fourth-order valence-electron chi connectivity index (χ4n) is 2.40. The second kappa shape index (κ2) is 8.58. The largest absolute Gasteiger partial charge is 0.491 e. The number of carbonyl (C=O) groups excluding carboxylic acids is 1. The van der Waals surface area contributed by atoms with Crippen molar-refractivity contribution in [3.8, 4) is 5.75 Å². The Morgan fingerprint density at radius 2 is 1.84 bits per heavy atom. The highest BCUT2D eigenvalue weighted by Crippen LogP contribution is 2.20. The summed E-state index contributed by atoms with van der Waals surface area (Å²) in [5, 5.41) is 10.1. The van der Waals surface area contributed by atoms with Crippen molar-refractivity contribution in [2.75, 3.05) is 19.7 Å². The molecule has 1 N–H and O–H groups in total. The van der Waals surface area contributed by atoms with Gasteiger partial charge in [-0.2, -0.15) is 0 Å². The summed E-state index contributed by atoms with van der Waals surface area (Å²) in [7, 11) is 0. The van der Waals surface area contributed by atoms with Gasteiger partial charge in [-0.05, 0) is 49.7 Å². The fraction of sp³-hybridized carbons (Fsp3) is 0.316. The molecule has 0 aliphatic carbocycles. The molecular weight excluding hydrogens is 328 g/mol. The van der Waals surface area contributed by atoms with Crippen molar-refractivity contribution in [2.24, 2.45) is 0 Å². The van der Waals surface area contributed by atoms with Gasteiger partial charge in [0, 0.05) is 18.7 Å². The average molecular weight is 349 g/mol. The Labute approximate surface area is 145 Å². The van der Waals surface area contributed by atoms with Gasteiger partial charge in [0.15, 0.2) is 11.6 Å². The van der Waals surface area contributed by atoms with Crippen LogP contribution in [0.2, 0.25) is 0 Å². The first-order valence-corrected chi connectivity index (χ1v) is 8.11. The molecule has 1 atom stereocenters. The van der Waals surface area contributed by atoms with E-state index in [0.717, 1.165) is 12.1 Å². The molecule has 4 nitrogen and oxygen atoms in total. The maximum Gasteiger partial charge on any atom is 0.253 e. The molecule has 0 bridgehead atoms. The molecule has 0 aliphatic heterocycles. The third kappa shape index (κ3) is 4.76. The number of halogens is 2. The van der Waals surface area contributed by atoms with E-state index in [9.17, 15) is 18.7 Å². The van der Waals surface area contributed by atoms with Crippen molar-refractivity contribution < 1.29 is 23.4 Å². The van der Waals surface area contributed by atoms with Crippen LogP contribution < -0.4 is 4.74 Å². The van der Waals surface area contributed by atoms with E-state index in [1.54, 1.807) is 29.2 Å². The quantitative estimate of drug-likeness (QED) is 0.831. The van der Waals surface area contributed by atoms with Crippen LogP contribution in [0.5, 0.6) is 5.75 Å². The van der Waals surface area contributed by atoms with Crippen LogP contribution in [0, 0.1) is 11.6 Å². The van der Waals surface area contributed by atoms with E-state index in [2.05, 4.69) is 0 Å². The summed E-state index contributed by atoms with van der Waals surface area (Å²) >= 11 is 0. The van der Waals surface area contributed by atoms with Gasteiger partial charge in [-0.25, -0.2) is 8.78 Å². The maximum atomic E-state index is 13.2. The van der Waals surface area contributed by atoms with Gasteiger partial charge in [-0.1, -0.05) is 12.1 Å². The summed E-state index contributed by atoms with van der Waals surface area (Å²) in [6, 6.07) is 9.83. The Morgan fingerprint density at radius 1 is 1.12 bits per heavy atom. The smallest absolute Gasteiger partial charge is 0.253 e. The van der Waals surface area contributed by atoms with Gasteiger partial charge < -0.3 is 14.7 Å². The molecule has 6 heteroatoms. The summed E-state index contributed by atoms with van der Waals surface area (Å²) in [5.41, 5.74) is 0.706. The number of carbonyl (C=O) groups is 1. The van der Waals surface area contributed by atoms with Crippen LogP contribution in [0.15, 0.2) is 42.5 Å². The summed E-state index contributed by atoms with van der Waals surface area (Å²) in [4.78, 5) is 14.0. The number of benzene rings is 2. The van der Waals surface area contributed by atoms with Crippen molar-refractivity contribution in [2.45, 2.75) is 20.0 Å². The first kappa shape index (κ1) is 18.9. The first-order chi connectivity index (χ1) is 12.0. The molecule has 0 fully saturated rings. The molecule has 0 aliphatic rings. The molecule has 2 aromatic carbocycles. The van der Waals surface area contributed by atoms with E-state index in [1.807, 2.05) is 13.8 Å². The third-order valence-electron chi connectivity index (χ3n) is 3.87. The summed E-state index contributed by atoms with van der Waals surface area (Å²) in [6.45, 7) is 4.87. The number of ether oxygens (including phenoxy) is 1. The van der Waals surface area contributed by atoms with Gasteiger partial charge in [0.2, 0.25) is 0 Å². The summed E-state index contributed by atoms with van der Waals surface area (Å²) in [6.07, 6.45) is -1.11. The lowest BCUT2D eigenvalue weighted by molar-refractivity contribution is 0.0772. The van der Waals surface area contributed by atoms with Crippen molar-refractivity contribution in [3.63, 3.8) is 0 Å². The minimum atomic E-state index is -1.11. The molecule has 134 valence electrons. The van der Waals surface area contributed by atoms with Crippen molar-refractivity contribution >= 4 is 5.91 Å². The normalized spacial score (nSPS) is 11.9. The number of aliphatic hydroxyl groups excluding tert-OH is 1. The molecule has 1 unspecified atom stereocenters. The van der Waals surface area contributed by atoms with Crippen LogP contribution in [-0.2, 0) is 0 Å². The highest BCUT2D eigenvalue weighted by Gasteiger charge is 2.15. The number of hydrogen-bond acceptors (Lipinski definition) is 3. The van der Waals surface area contributed by atoms with E-state index in [0.29, 0.717) is 24.4 Å². The van der Waals surface area contributed by atoms with Crippen LogP contribution in [0.4, 0.5) is 8.78 Å². The molecule has 25 heavy (non-hydrogen) atoms. The van der Waals surface area contributed by atoms with Crippen molar-refractivity contribution in [1.82, 2.24) is 4.90 Å². The predicted molar refractivity (Wildman–Crippen MR) is 90.5 cm³/mol. The summed E-state index contributed by atoms with van der Waals surface area (Å²) < 4.78 is 31.6. The maximum absolute atomic E-state index is 13.2. The second-order valence-corrected chi connectivity index (χ2v) is 5.51. The van der Waals surface area contributed by atoms with Crippen LogP contribution >= 0.6 is 0 Å². The predicted octanol–water partition coefficient (Wildman–Crippen LogP) is 3.56. The number of aliphatic hydroxyl groups is 1. The zero-order valence-corrected chi connectivity index (χ0v) is 14.2. The molecule has 0 aromatic heterocycles. The number of rotatable bonds is 7. The Morgan fingerprint density at radius 3 is 2.48 bits per heavy atom. The Balaban J connectivity index is 2.04. The zero-order valence-electron chi connectivity index (χ0n) is 14.2. The molecular formula is C19H21F2NO3. The highest BCUT2D eigenvalue weighted by molar-refractivity contribution is 5.94. The number of nitrogens with zero attached hydrogens (tertiary/aromatic N) is 1.